The molecule has 112 valence electrons. The maximum atomic E-state index is 5.57. The van der Waals surface area contributed by atoms with E-state index in [4.69, 9.17) is 4.74 Å². The Morgan fingerprint density at radius 1 is 1.35 bits per heavy atom. The minimum atomic E-state index is 0.388. The van der Waals surface area contributed by atoms with Crippen molar-refractivity contribution in [2.24, 2.45) is 11.3 Å². The predicted octanol–water partition coefficient (Wildman–Crippen LogP) is 3.96. The van der Waals surface area contributed by atoms with E-state index in [1.165, 1.54) is 31.2 Å². The van der Waals surface area contributed by atoms with Crippen LogP contribution >= 0.6 is 0 Å². The van der Waals surface area contributed by atoms with Gasteiger partial charge in [0.1, 0.15) is 5.75 Å². The predicted molar refractivity (Wildman–Crippen MR) is 82.9 cm³/mol. The standard InChI is InChI=1S/C17H28N2O/c1-5-20-15-10-14(11-19-12-15)16(18-4)13-6-8-17(2,3)9-7-13/h10-13,16,18H,5-9H2,1-4H3. The number of aromatic nitrogens is 1. The van der Waals surface area contributed by atoms with Crippen molar-refractivity contribution in [2.45, 2.75) is 52.5 Å². The number of rotatable bonds is 5. The molecule has 1 fully saturated rings. The fraction of sp³-hybridized carbons (Fsp3) is 0.706. The zero-order valence-electron chi connectivity index (χ0n) is 13.3. The minimum Gasteiger partial charge on any atom is -0.492 e. The van der Waals surface area contributed by atoms with Gasteiger partial charge in [-0.25, -0.2) is 0 Å². The van der Waals surface area contributed by atoms with Gasteiger partial charge in [0.05, 0.1) is 12.8 Å². The first kappa shape index (κ1) is 15.3. The summed E-state index contributed by atoms with van der Waals surface area (Å²) in [5.74, 6) is 1.58. The summed E-state index contributed by atoms with van der Waals surface area (Å²) in [5.41, 5.74) is 1.77. The second kappa shape index (κ2) is 6.57. The van der Waals surface area contributed by atoms with E-state index in [1.807, 2.05) is 13.1 Å². The number of ether oxygens (including phenoxy) is 1. The fourth-order valence-corrected chi connectivity index (χ4v) is 3.28. The highest BCUT2D eigenvalue weighted by Gasteiger charge is 2.31. The van der Waals surface area contributed by atoms with E-state index in [-0.39, 0.29) is 0 Å². The van der Waals surface area contributed by atoms with Crippen molar-refractivity contribution in [3.05, 3.63) is 24.0 Å². The quantitative estimate of drug-likeness (QED) is 0.884. The summed E-state index contributed by atoms with van der Waals surface area (Å²) in [6, 6.07) is 2.52. The highest BCUT2D eigenvalue weighted by molar-refractivity contribution is 5.26. The Balaban J connectivity index is 2.10. The van der Waals surface area contributed by atoms with Gasteiger partial charge >= 0.3 is 0 Å². The largest absolute Gasteiger partial charge is 0.492 e. The molecule has 0 spiro atoms. The minimum absolute atomic E-state index is 0.388. The fourth-order valence-electron chi connectivity index (χ4n) is 3.28. The van der Waals surface area contributed by atoms with Gasteiger partial charge in [-0.05, 0) is 62.6 Å². The molecule has 3 nitrogen and oxygen atoms in total. The maximum absolute atomic E-state index is 5.57. The highest BCUT2D eigenvalue weighted by Crippen LogP contribution is 2.42. The third-order valence-electron chi connectivity index (χ3n) is 4.57. The SMILES string of the molecule is CCOc1cncc(C(NC)C2CCC(C)(C)CC2)c1. The smallest absolute Gasteiger partial charge is 0.137 e. The zero-order valence-corrected chi connectivity index (χ0v) is 13.3. The molecular formula is C17H28N2O. The number of pyridine rings is 1. The molecule has 1 aromatic rings. The Morgan fingerprint density at radius 3 is 2.65 bits per heavy atom. The van der Waals surface area contributed by atoms with Gasteiger partial charge in [0.2, 0.25) is 0 Å². The number of hydrogen-bond acceptors (Lipinski definition) is 3. The summed E-state index contributed by atoms with van der Waals surface area (Å²) in [5, 5.41) is 3.49. The molecule has 0 amide bonds. The number of hydrogen-bond donors (Lipinski definition) is 1. The van der Waals surface area contributed by atoms with Crippen molar-refractivity contribution in [2.75, 3.05) is 13.7 Å². The van der Waals surface area contributed by atoms with Crippen molar-refractivity contribution in [1.29, 1.82) is 0 Å². The molecule has 0 aromatic carbocycles. The van der Waals surface area contributed by atoms with Crippen LogP contribution in [0.1, 0.15) is 58.1 Å². The highest BCUT2D eigenvalue weighted by atomic mass is 16.5. The normalized spacial score (nSPS) is 20.6. The molecule has 1 aliphatic carbocycles. The molecule has 2 rings (SSSR count). The van der Waals surface area contributed by atoms with Gasteiger partial charge in [0.15, 0.2) is 0 Å². The van der Waals surface area contributed by atoms with Gasteiger partial charge in [0.25, 0.3) is 0 Å². The van der Waals surface area contributed by atoms with Crippen LogP contribution in [0.2, 0.25) is 0 Å². The van der Waals surface area contributed by atoms with Crippen molar-refractivity contribution < 1.29 is 4.74 Å². The van der Waals surface area contributed by atoms with Crippen LogP contribution in [0.3, 0.4) is 0 Å². The van der Waals surface area contributed by atoms with E-state index in [2.05, 4.69) is 37.3 Å². The van der Waals surface area contributed by atoms with Crippen LogP contribution in [0.25, 0.3) is 0 Å². The molecule has 1 aliphatic rings. The van der Waals surface area contributed by atoms with Crippen LogP contribution in [0.5, 0.6) is 5.75 Å². The van der Waals surface area contributed by atoms with Crippen LogP contribution in [-0.2, 0) is 0 Å². The lowest BCUT2D eigenvalue weighted by atomic mass is 9.70. The van der Waals surface area contributed by atoms with Gasteiger partial charge in [-0.3, -0.25) is 4.98 Å². The van der Waals surface area contributed by atoms with Crippen LogP contribution in [0.15, 0.2) is 18.5 Å². The molecule has 1 N–H and O–H groups in total. The monoisotopic (exact) mass is 276 g/mol. The molecule has 0 aliphatic heterocycles. The summed E-state index contributed by atoms with van der Waals surface area (Å²) >= 11 is 0. The average molecular weight is 276 g/mol. The first-order valence-corrected chi connectivity index (χ1v) is 7.81. The van der Waals surface area contributed by atoms with E-state index in [9.17, 15) is 0 Å². The van der Waals surface area contributed by atoms with E-state index in [1.54, 1.807) is 6.20 Å². The van der Waals surface area contributed by atoms with Gasteiger partial charge in [-0.2, -0.15) is 0 Å². The molecule has 20 heavy (non-hydrogen) atoms. The first-order chi connectivity index (χ1) is 9.55. The van der Waals surface area contributed by atoms with E-state index < -0.39 is 0 Å². The number of nitrogens with zero attached hydrogens (tertiary/aromatic N) is 1. The van der Waals surface area contributed by atoms with Crippen molar-refractivity contribution in [3.63, 3.8) is 0 Å². The molecule has 1 heterocycles. The molecular weight excluding hydrogens is 248 g/mol. The maximum Gasteiger partial charge on any atom is 0.137 e. The van der Waals surface area contributed by atoms with Crippen molar-refractivity contribution in [3.8, 4) is 5.75 Å². The molecule has 0 bridgehead atoms. The molecule has 0 saturated heterocycles. The van der Waals surface area contributed by atoms with Crippen LogP contribution < -0.4 is 10.1 Å². The number of nitrogens with one attached hydrogen (secondary N) is 1. The topological polar surface area (TPSA) is 34.1 Å². The third kappa shape index (κ3) is 3.72. The van der Waals surface area contributed by atoms with Gasteiger partial charge < -0.3 is 10.1 Å². The average Bonchev–Trinajstić information content (AvgIpc) is 2.42. The third-order valence-corrected chi connectivity index (χ3v) is 4.57. The Morgan fingerprint density at radius 2 is 2.05 bits per heavy atom. The summed E-state index contributed by atoms with van der Waals surface area (Å²) < 4.78 is 5.57. The summed E-state index contributed by atoms with van der Waals surface area (Å²) in [4.78, 5) is 4.33. The molecule has 1 unspecified atom stereocenters. The first-order valence-electron chi connectivity index (χ1n) is 7.81. The summed E-state index contributed by atoms with van der Waals surface area (Å²) in [6.07, 6.45) is 8.98. The van der Waals surface area contributed by atoms with Crippen LogP contribution in [0.4, 0.5) is 0 Å². The molecule has 1 atom stereocenters. The van der Waals surface area contributed by atoms with Gasteiger partial charge in [-0.1, -0.05) is 13.8 Å². The van der Waals surface area contributed by atoms with Gasteiger partial charge in [0, 0.05) is 12.2 Å². The molecule has 1 saturated carbocycles. The molecule has 1 aromatic heterocycles. The summed E-state index contributed by atoms with van der Waals surface area (Å²) in [6.45, 7) is 7.46. The Kier molecular flexibility index (Phi) is 5.03. The van der Waals surface area contributed by atoms with E-state index >= 15 is 0 Å². The van der Waals surface area contributed by atoms with Gasteiger partial charge in [-0.15, -0.1) is 0 Å². The Labute approximate surface area is 123 Å². The van der Waals surface area contributed by atoms with E-state index in [0.29, 0.717) is 24.0 Å². The molecule has 3 heteroatoms. The second-order valence-electron chi connectivity index (χ2n) is 6.65. The Hall–Kier alpha value is -1.09. The lowest BCUT2D eigenvalue weighted by Gasteiger charge is -2.38. The molecule has 0 radical (unpaired) electrons. The lowest BCUT2D eigenvalue weighted by Crippen LogP contribution is -2.31. The van der Waals surface area contributed by atoms with Crippen LogP contribution in [-0.4, -0.2) is 18.6 Å². The Bertz CT molecular complexity index is 421. The summed E-state index contributed by atoms with van der Waals surface area (Å²) in [7, 11) is 2.05. The second-order valence-corrected chi connectivity index (χ2v) is 6.65. The van der Waals surface area contributed by atoms with E-state index in [0.717, 1.165) is 5.75 Å². The van der Waals surface area contributed by atoms with Crippen molar-refractivity contribution in [1.82, 2.24) is 10.3 Å². The van der Waals surface area contributed by atoms with Crippen LogP contribution in [0, 0.1) is 11.3 Å². The zero-order chi connectivity index (χ0) is 14.6. The van der Waals surface area contributed by atoms with Crippen molar-refractivity contribution >= 4 is 0 Å². The lowest BCUT2D eigenvalue weighted by molar-refractivity contribution is 0.164.